The summed E-state index contributed by atoms with van der Waals surface area (Å²) >= 11 is 0. The second-order valence-corrected chi connectivity index (χ2v) is 14.3. The summed E-state index contributed by atoms with van der Waals surface area (Å²) in [5, 5.41) is 14.8. The Kier molecular flexibility index (Phi) is 4.83. The summed E-state index contributed by atoms with van der Waals surface area (Å²) in [6.07, 6.45) is 6.44. The molecule has 9 atom stereocenters. The van der Waals surface area contributed by atoms with E-state index in [2.05, 4.69) is 32.8 Å². The third-order valence-corrected chi connectivity index (χ3v) is 13.4. The van der Waals surface area contributed by atoms with Crippen LogP contribution < -0.4 is 0 Å². The van der Waals surface area contributed by atoms with Gasteiger partial charge >= 0.3 is 6.18 Å². The van der Waals surface area contributed by atoms with Crippen LogP contribution in [0.15, 0.2) is 12.4 Å². The maximum absolute atomic E-state index is 13.6. The molecule has 4 nitrogen and oxygen atoms in total. The molecule has 5 aliphatic carbocycles. The highest BCUT2D eigenvalue weighted by atomic mass is 19.4. The lowest BCUT2D eigenvalue weighted by molar-refractivity contribution is -0.187. The normalized spacial score (nSPS) is 51.6. The molecule has 200 valence electrons. The summed E-state index contributed by atoms with van der Waals surface area (Å²) in [4.78, 5) is 13.6. The zero-order chi connectivity index (χ0) is 26.2. The smallest absolute Gasteiger partial charge is 0.390 e. The zero-order valence-electron chi connectivity index (χ0n) is 22.3. The number of ketones is 1. The first-order valence-electron chi connectivity index (χ1n) is 13.9. The van der Waals surface area contributed by atoms with E-state index in [0.29, 0.717) is 17.3 Å². The van der Waals surface area contributed by atoms with Crippen molar-refractivity contribution in [1.82, 2.24) is 9.78 Å². The first kappa shape index (κ1) is 24.9. The van der Waals surface area contributed by atoms with Gasteiger partial charge in [0, 0.05) is 12.1 Å². The molecule has 36 heavy (non-hydrogen) atoms. The zero-order valence-corrected chi connectivity index (χ0v) is 22.3. The Hall–Kier alpha value is -1.37. The van der Waals surface area contributed by atoms with Crippen molar-refractivity contribution >= 4 is 5.78 Å². The van der Waals surface area contributed by atoms with E-state index >= 15 is 0 Å². The predicted octanol–water partition coefficient (Wildman–Crippen LogP) is 6.66. The Labute approximate surface area is 212 Å². The van der Waals surface area contributed by atoms with Gasteiger partial charge in [-0.3, -0.25) is 9.48 Å². The van der Waals surface area contributed by atoms with E-state index < -0.39 is 17.3 Å². The Bertz CT molecular complexity index is 1110. The number of aliphatic hydroxyl groups is 1. The van der Waals surface area contributed by atoms with Crippen LogP contribution in [-0.4, -0.2) is 26.3 Å². The number of hydrogen-bond donors (Lipinski definition) is 1. The van der Waals surface area contributed by atoms with Gasteiger partial charge in [0.15, 0.2) is 5.78 Å². The fourth-order valence-corrected chi connectivity index (χ4v) is 11.6. The van der Waals surface area contributed by atoms with E-state index in [1.54, 1.807) is 0 Å². The van der Waals surface area contributed by atoms with Gasteiger partial charge in [0.1, 0.15) is 0 Å². The van der Waals surface area contributed by atoms with E-state index in [1.807, 2.05) is 6.92 Å². The molecule has 0 unspecified atom stereocenters. The molecule has 1 heterocycles. The standard InChI is InChI=1S/C29H41F3N2O2/c1-18-27-9-7-22-25(4)8-6-20(21(35)16-34-15-19(14-33-34)29(30,31)32)24(25,3)11-12-26(22,5)28(18,27)13-10-23(2,36)17-27/h14-15,18,20,22,36H,6-13,16-17H2,1-5H3/t18-,20-,22+,23-,24-,25+,26+,27-,28+/m1/s1. The molecule has 6 rings (SSSR count). The molecular weight excluding hydrogens is 465 g/mol. The number of Topliss-reactive ketones (excluding diaryl/α,β-unsaturated/α-hetero) is 1. The number of halogens is 3. The van der Waals surface area contributed by atoms with Gasteiger partial charge in [-0.15, -0.1) is 0 Å². The van der Waals surface area contributed by atoms with E-state index in [0.717, 1.165) is 63.8 Å². The van der Waals surface area contributed by atoms with Crippen molar-refractivity contribution in [3.8, 4) is 0 Å². The van der Waals surface area contributed by atoms with E-state index in [1.165, 1.54) is 11.1 Å². The average Bonchev–Trinajstić information content (AvgIpc) is 3.08. The molecule has 1 aromatic rings. The van der Waals surface area contributed by atoms with E-state index in [9.17, 15) is 23.1 Å². The molecular formula is C29H41F3N2O2. The molecule has 0 bridgehead atoms. The summed E-state index contributed by atoms with van der Waals surface area (Å²) in [6, 6.07) is 0. The van der Waals surface area contributed by atoms with Crippen molar-refractivity contribution in [3.63, 3.8) is 0 Å². The molecule has 0 radical (unpaired) electrons. The number of nitrogens with zero attached hydrogens (tertiary/aromatic N) is 2. The number of carbonyl (C=O) groups excluding carboxylic acids is 1. The molecule has 0 spiro atoms. The number of fused-ring (bicyclic) bond motifs is 3. The largest absolute Gasteiger partial charge is 0.419 e. The van der Waals surface area contributed by atoms with Crippen molar-refractivity contribution in [2.24, 2.45) is 44.8 Å². The fourth-order valence-electron chi connectivity index (χ4n) is 11.6. The highest BCUT2D eigenvalue weighted by molar-refractivity contribution is 5.82. The molecule has 1 N–H and O–H groups in total. The molecule has 1 aromatic heterocycles. The number of hydrogen-bond acceptors (Lipinski definition) is 3. The first-order chi connectivity index (χ1) is 16.6. The monoisotopic (exact) mass is 506 g/mol. The molecule has 5 fully saturated rings. The van der Waals surface area contributed by atoms with Crippen LogP contribution in [0.1, 0.15) is 98.0 Å². The second-order valence-electron chi connectivity index (χ2n) is 14.3. The van der Waals surface area contributed by atoms with Crippen molar-refractivity contribution < 1.29 is 23.1 Å². The molecule has 0 aliphatic heterocycles. The lowest BCUT2D eigenvalue weighted by Gasteiger charge is -2.66. The van der Waals surface area contributed by atoms with E-state index in [-0.39, 0.29) is 39.9 Å². The molecule has 5 aliphatic rings. The first-order valence-corrected chi connectivity index (χ1v) is 13.9. The third-order valence-electron chi connectivity index (χ3n) is 13.4. The maximum atomic E-state index is 13.6. The Balaban J connectivity index is 1.28. The van der Waals surface area contributed by atoms with Crippen molar-refractivity contribution in [2.75, 3.05) is 0 Å². The van der Waals surface area contributed by atoms with Crippen LogP contribution in [-0.2, 0) is 17.5 Å². The molecule has 7 heteroatoms. The van der Waals surface area contributed by atoms with Gasteiger partial charge in [-0.1, -0.05) is 27.7 Å². The van der Waals surface area contributed by atoms with Gasteiger partial charge in [0.2, 0.25) is 0 Å². The van der Waals surface area contributed by atoms with Crippen LogP contribution >= 0.6 is 0 Å². The van der Waals surface area contributed by atoms with Crippen LogP contribution in [0.3, 0.4) is 0 Å². The molecule has 0 aromatic carbocycles. The third kappa shape index (κ3) is 2.77. The SMILES string of the molecule is C[C@@H]1[C@]23CC[C@@H]4[C@](C)(CC[C@]5(C)[C@@H](C(=O)Cn6cc(C(F)(F)F)cn6)CC[C@@]45C)[C@]12CC[C@@](C)(O)C3. The van der Waals surface area contributed by atoms with Gasteiger partial charge < -0.3 is 5.11 Å². The topological polar surface area (TPSA) is 55.1 Å². The van der Waals surface area contributed by atoms with Crippen LogP contribution in [0.4, 0.5) is 13.2 Å². The minimum Gasteiger partial charge on any atom is -0.390 e. The Morgan fingerprint density at radius 3 is 2.39 bits per heavy atom. The quantitative estimate of drug-likeness (QED) is 0.499. The predicted molar refractivity (Wildman–Crippen MR) is 130 cm³/mol. The van der Waals surface area contributed by atoms with Crippen LogP contribution in [0.5, 0.6) is 0 Å². The van der Waals surface area contributed by atoms with Crippen LogP contribution in [0, 0.1) is 44.8 Å². The second kappa shape index (κ2) is 6.98. The average molecular weight is 507 g/mol. The summed E-state index contributed by atoms with van der Waals surface area (Å²) < 4.78 is 40.3. The molecule has 0 saturated heterocycles. The number of aromatic nitrogens is 2. The van der Waals surface area contributed by atoms with Gasteiger partial charge in [0.25, 0.3) is 0 Å². The Morgan fingerprint density at radius 1 is 1.03 bits per heavy atom. The summed E-state index contributed by atoms with van der Waals surface area (Å²) in [5.41, 5.74) is -0.727. The van der Waals surface area contributed by atoms with Crippen molar-refractivity contribution in [3.05, 3.63) is 18.0 Å². The lowest BCUT2D eigenvalue weighted by Crippen LogP contribution is -2.60. The number of alkyl halides is 3. The van der Waals surface area contributed by atoms with Gasteiger partial charge in [-0.05, 0) is 104 Å². The number of rotatable bonds is 3. The van der Waals surface area contributed by atoms with Gasteiger partial charge in [-0.2, -0.15) is 18.3 Å². The summed E-state index contributed by atoms with van der Waals surface area (Å²) in [5.74, 6) is 1.05. The van der Waals surface area contributed by atoms with E-state index in [4.69, 9.17) is 0 Å². The Morgan fingerprint density at radius 2 is 1.72 bits per heavy atom. The highest BCUT2D eigenvalue weighted by Gasteiger charge is 2.85. The van der Waals surface area contributed by atoms with Gasteiger partial charge in [0.05, 0.1) is 23.9 Å². The van der Waals surface area contributed by atoms with Gasteiger partial charge in [-0.25, -0.2) is 0 Å². The summed E-state index contributed by atoms with van der Waals surface area (Å²) in [6.45, 7) is 11.6. The van der Waals surface area contributed by atoms with Crippen molar-refractivity contribution in [2.45, 2.75) is 111 Å². The molecule has 0 amide bonds. The summed E-state index contributed by atoms with van der Waals surface area (Å²) in [7, 11) is 0. The van der Waals surface area contributed by atoms with Crippen LogP contribution in [0.2, 0.25) is 0 Å². The molecule has 5 saturated carbocycles. The highest BCUT2D eigenvalue weighted by Crippen LogP contribution is 2.91. The van der Waals surface area contributed by atoms with Crippen LogP contribution in [0.25, 0.3) is 0 Å². The maximum Gasteiger partial charge on any atom is 0.419 e. The van der Waals surface area contributed by atoms with Crippen molar-refractivity contribution in [1.29, 1.82) is 0 Å². The fraction of sp³-hybridized carbons (Fsp3) is 0.862. The number of carbonyl (C=O) groups is 1. The minimum absolute atomic E-state index is 0.0264. The lowest BCUT2D eigenvalue weighted by atomic mass is 9.38. The minimum atomic E-state index is -4.45.